The number of imidazole rings is 1. The van der Waals surface area contributed by atoms with Gasteiger partial charge in [-0.3, -0.25) is 0 Å². The van der Waals surface area contributed by atoms with Gasteiger partial charge < -0.3 is 10.3 Å². The fourth-order valence-electron chi connectivity index (χ4n) is 1.24. The van der Waals surface area contributed by atoms with Gasteiger partial charge >= 0.3 is 0 Å². The van der Waals surface area contributed by atoms with E-state index in [0.717, 1.165) is 0 Å². The third-order valence-electron chi connectivity index (χ3n) is 2.17. The summed E-state index contributed by atoms with van der Waals surface area (Å²) in [6.07, 6.45) is -1.87. The fraction of sp³-hybridized carbons (Fsp3) is 0.667. The predicted molar refractivity (Wildman–Crippen MR) is 50.5 cm³/mol. The molecule has 0 aliphatic heterocycles. The van der Waals surface area contributed by atoms with Crippen LogP contribution in [0.2, 0.25) is 0 Å². The molecule has 1 heterocycles. The summed E-state index contributed by atoms with van der Waals surface area (Å²) >= 11 is 0. The average Bonchev–Trinajstić information content (AvgIpc) is 2.46. The lowest BCUT2D eigenvalue weighted by atomic mass is 10.2. The van der Waals surface area contributed by atoms with Gasteiger partial charge in [0.25, 0.3) is 6.43 Å². The van der Waals surface area contributed by atoms with Gasteiger partial charge in [0.05, 0.1) is 0 Å². The number of aryl methyl sites for hydroxylation is 1. The molecule has 1 atom stereocenters. The molecule has 0 saturated heterocycles. The van der Waals surface area contributed by atoms with Gasteiger partial charge in [-0.2, -0.15) is 0 Å². The van der Waals surface area contributed by atoms with Gasteiger partial charge in [0, 0.05) is 18.2 Å². The Labute approximate surface area is 81.9 Å². The van der Waals surface area contributed by atoms with Crippen molar-refractivity contribution >= 4 is 0 Å². The first kappa shape index (κ1) is 11.1. The molecule has 80 valence electrons. The van der Waals surface area contributed by atoms with Crippen LogP contribution in [0, 0.1) is 6.92 Å². The van der Waals surface area contributed by atoms with Crippen molar-refractivity contribution in [1.82, 2.24) is 15.3 Å². The second-order valence-corrected chi connectivity index (χ2v) is 3.39. The molecular formula is C9H15F2N3. The van der Waals surface area contributed by atoms with Gasteiger partial charge in [-0.1, -0.05) is 0 Å². The molecular weight excluding hydrogens is 188 g/mol. The quantitative estimate of drug-likeness (QED) is 0.783. The van der Waals surface area contributed by atoms with Crippen LogP contribution < -0.4 is 5.32 Å². The number of hydrogen-bond acceptors (Lipinski definition) is 2. The van der Waals surface area contributed by atoms with Gasteiger partial charge in [0.2, 0.25) is 0 Å². The van der Waals surface area contributed by atoms with E-state index in [9.17, 15) is 8.78 Å². The standard InChI is InChI=1S/C9H15F2N3/c1-5(12-3)4-7-13-6(2)8(14-7)9(10)11/h5,9,12H,4H2,1-3H3,(H,13,14). The van der Waals surface area contributed by atoms with E-state index in [2.05, 4.69) is 15.3 Å². The summed E-state index contributed by atoms with van der Waals surface area (Å²) < 4.78 is 24.7. The SMILES string of the molecule is CNC(C)Cc1nc(C(F)F)c(C)[nH]1. The Balaban J connectivity index is 2.75. The van der Waals surface area contributed by atoms with E-state index in [1.165, 1.54) is 0 Å². The maximum absolute atomic E-state index is 12.4. The van der Waals surface area contributed by atoms with Crippen molar-refractivity contribution in [3.63, 3.8) is 0 Å². The predicted octanol–water partition coefficient (Wildman–Crippen LogP) is 1.81. The van der Waals surface area contributed by atoms with Gasteiger partial charge in [0.1, 0.15) is 11.5 Å². The summed E-state index contributed by atoms with van der Waals surface area (Å²) in [6.45, 7) is 3.59. The van der Waals surface area contributed by atoms with Crippen molar-refractivity contribution in [2.75, 3.05) is 7.05 Å². The molecule has 0 spiro atoms. The van der Waals surface area contributed by atoms with Crippen LogP contribution in [0.25, 0.3) is 0 Å². The zero-order valence-electron chi connectivity index (χ0n) is 8.56. The van der Waals surface area contributed by atoms with Crippen LogP contribution in [0.1, 0.15) is 30.6 Å². The van der Waals surface area contributed by atoms with Crippen molar-refractivity contribution in [3.05, 3.63) is 17.2 Å². The Hall–Kier alpha value is -0.970. The molecule has 5 heteroatoms. The molecule has 3 nitrogen and oxygen atoms in total. The molecule has 0 bridgehead atoms. The number of likely N-dealkylation sites (N-methyl/N-ethyl adjacent to an activating group) is 1. The second-order valence-electron chi connectivity index (χ2n) is 3.39. The molecule has 0 aromatic carbocycles. The zero-order chi connectivity index (χ0) is 10.7. The van der Waals surface area contributed by atoms with E-state index in [1.54, 1.807) is 6.92 Å². The Morgan fingerprint density at radius 1 is 1.50 bits per heavy atom. The minimum Gasteiger partial charge on any atom is -0.346 e. The Morgan fingerprint density at radius 3 is 2.57 bits per heavy atom. The highest BCUT2D eigenvalue weighted by Crippen LogP contribution is 2.20. The van der Waals surface area contributed by atoms with Crippen molar-refractivity contribution in [3.8, 4) is 0 Å². The molecule has 0 amide bonds. The maximum Gasteiger partial charge on any atom is 0.282 e. The van der Waals surface area contributed by atoms with Crippen molar-refractivity contribution < 1.29 is 8.78 Å². The van der Waals surface area contributed by atoms with Crippen LogP contribution in [0.4, 0.5) is 8.78 Å². The van der Waals surface area contributed by atoms with Gasteiger partial charge in [-0.05, 0) is 20.9 Å². The largest absolute Gasteiger partial charge is 0.346 e. The summed E-state index contributed by atoms with van der Waals surface area (Å²) in [7, 11) is 1.83. The van der Waals surface area contributed by atoms with Gasteiger partial charge in [-0.25, -0.2) is 13.8 Å². The molecule has 0 saturated carbocycles. The molecule has 0 fully saturated rings. The van der Waals surface area contributed by atoms with Crippen LogP contribution >= 0.6 is 0 Å². The number of aromatic nitrogens is 2. The third kappa shape index (κ3) is 2.51. The van der Waals surface area contributed by atoms with E-state index >= 15 is 0 Å². The first-order valence-corrected chi connectivity index (χ1v) is 4.55. The number of alkyl halides is 2. The van der Waals surface area contributed by atoms with Crippen LogP contribution in [-0.2, 0) is 6.42 Å². The Bertz CT molecular complexity index is 296. The number of H-pyrrole nitrogens is 1. The second kappa shape index (κ2) is 4.50. The van der Waals surface area contributed by atoms with E-state index in [4.69, 9.17) is 0 Å². The zero-order valence-corrected chi connectivity index (χ0v) is 8.56. The van der Waals surface area contributed by atoms with Crippen LogP contribution in [0.15, 0.2) is 0 Å². The van der Waals surface area contributed by atoms with E-state index in [-0.39, 0.29) is 11.7 Å². The van der Waals surface area contributed by atoms with Crippen LogP contribution in [-0.4, -0.2) is 23.1 Å². The first-order chi connectivity index (χ1) is 6.54. The lowest BCUT2D eigenvalue weighted by Gasteiger charge is -2.06. The highest BCUT2D eigenvalue weighted by Gasteiger charge is 2.16. The van der Waals surface area contributed by atoms with E-state index in [0.29, 0.717) is 17.9 Å². The highest BCUT2D eigenvalue weighted by molar-refractivity contribution is 5.14. The average molecular weight is 203 g/mol. The van der Waals surface area contributed by atoms with Crippen molar-refractivity contribution in [1.29, 1.82) is 0 Å². The Morgan fingerprint density at radius 2 is 2.14 bits per heavy atom. The third-order valence-corrected chi connectivity index (χ3v) is 2.17. The molecule has 1 rings (SSSR count). The molecule has 1 aromatic rings. The lowest BCUT2D eigenvalue weighted by Crippen LogP contribution is -2.24. The number of nitrogens with zero attached hydrogens (tertiary/aromatic N) is 1. The van der Waals surface area contributed by atoms with Crippen molar-refractivity contribution in [2.24, 2.45) is 0 Å². The summed E-state index contributed by atoms with van der Waals surface area (Å²) in [4.78, 5) is 6.71. The molecule has 14 heavy (non-hydrogen) atoms. The summed E-state index contributed by atoms with van der Waals surface area (Å²) in [6, 6.07) is 0.228. The fourth-order valence-corrected chi connectivity index (χ4v) is 1.24. The maximum atomic E-state index is 12.4. The topological polar surface area (TPSA) is 40.7 Å². The molecule has 1 unspecified atom stereocenters. The summed E-state index contributed by atoms with van der Waals surface area (Å²) in [5.41, 5.74) is 0.321. The number of nitrogens with one attached hydrogen (secondary N) is 2. The lowest BCUT2D eigenvalue weighted by molar-refractivity contribution is 0.145. The highest BCUT2D eigenvalue weighted by atomic mass is 19.3. The number of aromatic amines is 1. The number of halogens is 2. The normalized spacial score (nSPS) is 13.6. The summed E-state index contributed by atoms with van der Waals surface area (Å²) in [5, 5.41) is 3.02. The smallest absolute Gasteiger partial charge is 0.282 e. The minimum absolute atomic E-state index is 0.136. The molecule has 2 N–H and O–H groups in total. The summed E-state index contributed by atoms with van der Waals surface area (Å²) in [5.74, 6) is 0.611. The number of rotatable bonds is 4. The van der Waals surface area contributed by atoms with Crippen LogP contribution in [0.5, 0.6) is 0 Å². The van der Waals surface area contributed by atoms with Crippen LogP contribution in [0.3, 0.4) is 0 Å². The van der Waals surface area contributed by atoms with E-state index < -0.39 is 6.43 Å². The minimum atomic E-state index is -2.50. The molecule has 0 aliphatic rings. The Kier molecular flexibility index (Phi) is 3.57. The number of hydrogen-bond donors (Lipinski definition) is 2. The monoisotopic (exact) mass is 203 g/mol. The molecule has 1 aromatic heterocycles. The van der Waals surface area contributed by atoms with Gasteiger partial charge in [0.15, 0.2) is 0 Å². The molecule has 0 radical (unpaired) electrons. The van der Waals surface area contributed by atoms with Gasteiger partial charge in [-0.15, -0.1) is 0 Å². The first-order valence-electron chi connectivity index (χ1n) is 4.55. The van der Waals surface area contributed by atoms with E-state index in [1.807, 2.05) is 14.0 Å². The molecule has 0 aliphatic carbocycles. The van der Waals surface area contributed by atoms with Crippen molar-refractivity contribution in [2.45, 2.75) is 32.7 Å².